The Kier molecular flexibility index (Phi) is 4.80. The van der Waals surface area contributed by atoms with Crippen LogP contribution in [0.1, 0.15) is 28.4 Å². The van der Waals surface area contributed by atoms with E-state index in [2.05, 4.69) is 0 Å². The topological polar surface area (TPSA) is 52.6 Å². The van der Waals surface area contributed by atoms with Crippen LogP contribution in [0.3, 0.4) is 0 Å². The molecule has 2 aromatic rings. The second-order valence-corrected chi connectivity index (χ2v) is 5.84. The number of allylic oxidation sites excluding steroid dienone is 3. The van der Waals surface area contributed by atoms with Crippen molar-refractivity contribution in [3.8, 4) is 11.5 Å². The minimum atomic E-state index is -0.150. The number of benzene rings is 2. The summed E-state index contributed by atoms with van der Waals surface area (Å²) in [5, 5.41) is 0. The molecule has 4 nitrogen and oxygen atoms in total. The molecule has 0 aliphatic carbocycles. The number of rotatable bonds is 5. The van der Waals surface area contributed by atoms with Gasteiger partial charge in [-0.2, -0.15) is 0 Å². The summed E-state index contributed by atoms with van der Waals surface area (Å²) in [4.78, 5) is 23.6. The molecule has 126 valence electrons. The maximum absolute atomic E-state index is 12.5. The zero-order valence-corrected chi connectivity index (χ0v) is 14.1. The normalized spacial score (nSPS) is 14.6. The van der Waals surface area contributed by atoms with Crippen molar-refractivity contribution in [1.29, 1.82) is 0 Å². The predicted octanol–water partition coefficient (Wildman–Crippen LogP) is 4.14. The first-order chi connectivity index (χ1) is 12.0. The number of ketones is 2. The molecular weight excluding hydrogens is 316 g/mol. The summed E-state index contributed by atoms with van der Waals surface area (Å²) < 4.78 is 11.1. The summed E-state index contributed by atoms with van der Waals surface area (Å²) in [5.74, 6) is 1.03. The number of fused-ring (bicyclic) bond motifs is 1. The fourth-order valence-electron chi connectivity index (χ4n) is 2.57. The van der Waals surface area contributed by atoms with Gasteiger partial charge < -0.3 is 9.47 Å². The lowest BCUT2D eigenvalue weighted by atomic mass is 10.0. The van der Waals surface area contributed by atoms with Gasteiger partial charge >= 0.3 is 0 Å². The Morgan fingerprint density at radius 3 is 2.68 bits per heavy atom. The van der Waals surface area contributed by atoms with Crippen molar-refractivity contribution in [3.63, 3.8) is 0 Å². The Hall–Kier alpha value is -3.14. The molecule has 4 heteroatoms. The number of aryl methyl sites for hydroxylation is 1. The molecule has 0 amide bonds. The van der Waals surface area contributed by atoms with E-state index in [0.717, 1.165) is 11.1 Å². The van der Waals surface area contributed by atoms with Crippen molar-refractivity contribution in [1.82, 2.24) is 0 Å². The molecule has 0 atom stereocenters. The van der Waals surface area contributed by atoms with Crippen LogP contribution in [0.15, 0.2) is 60.4 Å². The molecule has 0 aromatic heterocycles. The molecule has 25 heavy (non-hydrogen) atoms. The first kappa shape index (κ1) is 16.7. The van der Waals surface area contributed by atoms with E-state index in [4.69, 9.17) is 9.47 Å². The lowest BCUT2D eigenvalue weighted by Crippen LogP contribution is -2.06. The first-order valence-electron chi connectivity index (χ1n) is 7.97. The number of hydrogen-bond acceptors (Lipinski definition) is 4. The number of carbonyl (C=O) groups excluding carboxylic acids is 2. The minimum absolute atomic E-state index is 0.00527. The standard InChI is InChI=1S/C21H18O4/c1-14-11-17(24-13-15(2)22)12-19-20(14)21(23)18(25-19)10-6-9-16-7-4-3-5-8-16/h3-12H,13H2,1-2H3/b9-6+,18-10-. The average Bonchev–Trinajstić information content (AvgIpc) is 2.90. The van der Waals surface area contributed by atoms with Gasteiger partial charge in [-0.05, 0) is 37.1 Å². The summed E-state index contributed by atoms with van der Waals surface area (Å²) in [5.41, 5.74) is 2.34. The van der Waals surface area contributed by atoms with Crippen LogP contribution in [0, 0.1) is 6.92 Å². The Balaban J connectivity index is 1.80. The average molecular weight is 334 g/mol. The minimum Gasteiger partial charge on any atom is -0.486 e. The molecule has 0 spiro atoms. The van der Waals surface area contributed by atoms with E-state index < -0.39 is 0 Å². The third-order valence-electron chi connectivity index (χ3n) is 3.72. The third kappa shape index (κ3) is 3.86. The summed E-state index contributed by atoms with van der Waals surface area (Å²) in [6.45, 7) is 3.28. The lowest BCUT2D eigenvalue weighted by Gasteiger charge is -2.07. The van der Waals surface area contributed by atoms with E-state index in [-0.39, 0.29) is 23.9 Å². The summed E-state index contributed by atoms with van der Waals surface area (Å²) in [6, 6.07) is 13.2. The molecule has 0 saturated heterocycles. The number of hydrogen-bond donors (Lipinski definition) is 0. The van der Waals surface area contributed by atoms with E-state index in [1.165, 1.54) is 6.92 Å². The number of carbonyl (C=O) groups is 2. The van der Waals surface area contributed by atoms with Crippen LogP contribution >= 0.6 is 0 Å². The van der Waals surface area contributed by atoms with Crippen molar-refractivity contribution >= 4 is 17.6 Å². The van der Waals surface area contributed by atoms with E-state index >= 15 is 0 Å². The van der Waals surface area contributed by atoms with Crippen LogP contribution in [-0.2, 0) is 4.79 Å². The van der Waals surface area contributed by atoms with Crippen LogP contribution in [0.25, 0.3) is 6.08 Å². The highest BCUT2D eigenvalue weighted by molar-refractivity contribution is 6.13. The quantitative estimate of drug-likeness (QED) is 0.771. The highest BCUT2D eigenvalue weighted by Crippen LogP contribution is 2.36. The van der Waals surface area contributed by atoms with Crippen LogP contribution in [0.5, 0.6) is 11.5 Å². The molecule has 0 N–H and O–H groups in total. The number of Topliss-reactive ketones (excluding diaryl/α,β-unsaturated/α-hetero) is 2. The molecule has 0 radical (unpaired) electrons. The fraction of sp³-hybridized carbons (Fsp3) is 0.143. The van der Waals surface area contributed by atoms with Crippen molar-refractivity contribution < 1.29 is 19.1 Å². The van der Waals surface area contributed by atoms with Gasteiger partial charge in [0.15, 0.2) is 11.5 Å². The highest BCUT2D eigenvalue weighted by Gasteiger charge is 2.29. The van der Waals surface area contributed by atoms with Crippen LogP contribution in [0.4, 0.5) is 0 Å². The van der Waals surface area contributed by atoms with Gasteiger partial charge in [-0.1, -0.05) is 42.5 Å². The Bertz CT molecular complexity index is 876. The molecule has 0 bridgehead atoms. The van der Waals surface area contributed by atoms with Gasteiger partial charge in [0.05, 0.1) is 5.56 Å². The lowest BCUT2D eigenvalue weighted by molar-refractivity contribution is -0.118. The molecule has 0 fully saturated rings. The molecule has 1 aliphatic heterocycles. The molecule has 0 saturated carbocycles. The number of ether oxygens (including phenoxy) is 2. The smallest absolute Gasteiger partial charge is 0.232 e. The summed E-state index contributed by atoms with van der Waals surface area (Å²) >= 11 is 0. The van der Waals surface area contributed by atoms with Crippen molar-refractivity contribution in [3.05, 3.63) is 77.1 Å². The van der Waals surface area contributed by atoms with E-state index in [1.54, 1.807) is 24.3 Å². The molecular formula is C21H18O4. The van der Waals surface area contributed by atoms with Gasteiger partial charge in [0.2, 0.25) is 5.78 Å². The van der Waals surface area contributed by atoms with E-state index in [1.807, 2.05) is 43.3 Å². The van der Waals surface area contributed by atoms with Crippen LogP contribution in [0.2, 0.25) is 0 Å². The molecule has 0 unspecified atom stereocenters. The van der Waals surface area contributed by atoms with Crippen LogP contribution in [-0.4, -0.2) is 18.2 Å². The predicted molar refractivity (Wildman–Crippen MR) is 95.9 cm³/mol. The highest BCUT2D eigenvalue weighted by atomic mass is 16.5. The zero-order valence-electron chi connectivity index (χ0n) is 14.1. The first-order valence-corrected chi connectivity index (χ1v) is 7.97. The van der Waals surface area contributed by atoms with Gasteiger partial charge in [-0.25, -0.2) is 0 Å². The van der Waals surface area contributed by atoms with Gasteiger partial charge in [-0.3, -0.25) is 9.59 Å². The Morgan fingerprint density at radius 2 is 1.96 bits per heavy atom. The van der Waals surface area contributed by atoms with Crippen molar-refractivity contribution in [2.75, 3.05) is 6.61 Å². The van der Waals surface area contributed by atoms with Crippen molar-refractivity contribution in [2.24, 2.45) is 0 Å². The van der Waals surface area contributed by atoms with Crippen molar-refractivity contribution in [2.45, 2.75) is 13.8 Å². The SMILES string of the molecule is CC(=O)COc1cc(C)c2c(c1)O/C(=C\C=C\c1ccccc1)C2=O. The fourth-order valence-corrected chi connectivity index (χ4v) is 2.57. The zero-order chi connectivity index (χ0) is 17.8. The van der Waals surface area contributed by atoms with Gasteiger partial charge in [0, 0.05) is 6.07 Å². The third-order valence-corrected chi connectivity index (χ3v) is 3.72. The van der Waals surface area contributed by atoms with E-state index in [9.17, 15) is 9.59 Å². The molecule has 1 aliphatic rings. The van der Waals surface area contributed by atoms with Gasteiger partial charge in [0.1, 0.15) is 18.1 Å². The van der Waals surface area contributed by atoms with Gasteiger partial charge in [0.25, 0.3) is 0 Å². The second-order valence-electron chi connectivity index (χ2n) is 5.84. The summed E-state index contributed by atoms with van der Waals surface area (Å²) in [7, 11) is 0. The second kappa shape index (κ2) is 7.18. The van der Waals surface area contributed by atoms with Crippen LogP contribution < -0.4 is 9.47 Å². The largest absolute Gasteiger partial charge is 0.486 e. The Morgan fingerprint density at radius 1 is 1.20 bits per heavy atom. The van der Waals surface area contributed by atoms with E-state index in [0.29, 0.717) is 17.1 Å². The Labute approximate surface area is 146 Å². The maximum atomic E-state index is 12.5. The molecule has 3 rings (SSSR count). The molecule has 1 heterocycles. The van der Waals surface area contributed by atoms with Gasteiger partial charge in [-0.15, -0.1) is 0 Å². The summed E-state index contributed by atoms with van der Waals surface area (Å²) in [6.07, 6.45) is 5.35. The maximum Gasteiger partial charge on any atom is 0.232 e. The monoisotopic (exact) mass is 334 g/mol. The molecule has 2 aromatic carbocycles.